The van der Waals surface area contributed by atoms with Crippen molar-refractivity contribution in [3.8, 4) is 0 Å². The quantitative estimate of drug-likeness (QED) is 0.727. The second kappa shape index (κ2) is 7.53. The summed E-state index contributed by atoms with van der Waals surface area (Å²) in [6.07, 6.45) is 4.89. The third-order valence-corrected chi connectivity index (χ3v) is 5.23. The summed E-state index contributed by atoms with van der Waals surface area (Å²) in [5.74, 6) is 0. The molecule has 1 unspecified atom stereocenters. The SMILES string of the molecule is CC(NC(=O)Nc1ccc(C(C)(C)C)cc1)c1ccc2c(c1)CCCC2. The van der Waals surface area contributed by atoms with Gasteiger partial charge in [-0.25, -0.2) is 4.79 Å². The fraction of sp³-hybridized carbons (Fsp3) is 0.435. The molecule has 1 atom stereocenters. The molecule has 2 aromatic carbocycles. The van der Waals surface area contributed by atoms with Gasteiger partial charge < -0.3 is 10.6 Å². The van der Waals surface area contributed by atoms with Gasteiger partial charge in [-0.2, -0.15) is 0 Å². The highest BCUT2D eigenvalue weighted by Crippen LogP contribution is 2.25. The van der Waals surface area contributed by atoms with Gasteiger partial charge in [-0.15, -0.1) is 0 Å². The van der Waals surface area contributed by atoms with Gasteiger partial charge in [-0.05, 0) is 72.4 Å². The molecule has 3 rings (SSSR count). The van der Waals surface area contributed by atoms with Gasteiger partial charge in [-0.1, -0.05) is 51.1 Å². The van der Waals surface area contributed by atoms with Crippen molar-refractivity contribution in [1.82, 2.24) is 5.32 Å². The number of anilines is 1. The lowest BCUT2D eigenvalue weighted by Gasteiger charge is -2.21. The fourth-order valence-electron chi connectivity index (χ4n) is 3.52. The molecule has 0 aromatic heterocycles. The first-order chi connectivity index (χ1) is 12.3. The predicted molar refractivity (Wildman–Crippen MR) is 109 cm³/mol. The van der Waals surface area contributed by atoms with Crippen LogP contribution < -0.4 is 10.6 Å². The highest BCUT2D eigenvalue weighted by Gasteiger charge is 2.15. The van der Waals surface area contributed by atoms with Gasteiger partial charge in [0.25, 0.3) is 0 Å². The van der Waals surface area contributed by atoms with Gasteiger partial charge in [0.05, 0.1) is 6.04 Å². The van der Waals surface area contributed by atoms with Gasteiger partial charge in [0, 0.05) is 5.69 Å². The largest absolute Gasteiger partial charge is 0.331 e. The Hall–Kier alpha value is -2.29. The highest BCUT2D eigenvalue weighted by atomic mass is 16.2. The van der Waals surface area contributed by atoms with Crippen molar-refractivity contribution in [2.75, 3.05) is 5.32 Å². The number of aryl methyl sites for hydroxylation is 2. The number of urea groups is 1. The second-order valence-electron chi connectivity index (χ2n) is 8.38. The van der Waals surface area contributed by atoms with Gasteiger partial charge in [0.15, 0.2) is 0 Å². The molecular weight excluding hydrogens is 320 g/mol. The van der Waals surface area contributed by atoms with Crippen molar-refractivity contribution < 1.29 is 4.79 Å². The summed E-state index contributed by atoms with van der Waals surface area (Å²) in [4.78, 5) is 12.3. The molecule has 0 spiro atoms. The van der Waals surface area contributed by atoms with Crippen LogP contribution in [0.15, 0.2) is 42.5 Å². The van der Waals surface area contributed by atoms with Crippen LogP contribution in [0, 0.1) is 0 Å². The molecule has 0 heterocycles. The molecule has 2 aromatic rings. The minimum absolute atomic E-state index is 0.0175. The number of rotatable bonds is 3. The molecule has 2 amide bonds. The van der Waals surface area contributed by atoms with E-state index < -0.39 is 0 Å². The maximum absolute atomic E-state index is 12.3. The minimum Gasteiger partial charge on any atom is -0.331 e. The van der Waals surface area contributed by atoms with Crippen LogP contribution >= 0.6 is 0 Å². The van der Waals surface area contributed by atoms with E-state index in [9.17, 15) is 4.79 Å². The Morgan fingerprint density at radius 2 is 1.62 bits per heavy atom. The van der Waals surface area contributed by atoms with E-state index in [4.69, 9.17) is 0 Å². The van der Waals surface area contributed by atoms with Crippen LogP contribution in [0.4, 0.5) is 10.5 Å². The first-order valence-electron chi connectivity index (χ1n) is 9.63. The number of hydrogen-bond donors (Lipinski definition) is 2. The van der Waals surface area contributed by atoms with Crippen molar-refractivity contribution in [1.29, 1.82) is 0 Å². The number of hydrogen-bond acceptors (Lipinski definition) is 1. The van der Waals surface area contributed by atoms with Crippen molar-refractivity contribution in [2.24, 2.45) is 0 Å². The molecule has 0 radical (unpaired) electrons. The minimum atomic E-state index is -0.168. The summed E-state index contributed by atoms with van der Waals surface area (Å²) in [5, 5.41) is 5.98. The Kier molecular flexibility index (Phi) is 5.36. The van der Waals surface area contributed by atoms with Crippen LogP contribution in [-0.4, -0.2) is 6.03 Å². The van der Waals surface area contributed by atoms with E-state index in [1.54, 1.807) is 0 Å². The molecule has 0 fully saturated rings. The van der Waals surface area contributed by atoms with Crippen molar-refractivity contribution >= 4 is 11.7 Å². The average molecular weight is 351 g/mol. The molecule has 2 N–H and O–H groups in total. The molecule has 3 heteroatoms. The predicted octanol–water partition coefficient (Wildman–Crippen LogP) is 5.75. The summed E-state index contributed by atoms with van der Waals surface area (Å²) in [5.41, 5.74) is 6.26. The Morgan fingerprint density at radius 3 is 2.27 bits per heavy atom. The third-order valence-electron chi connectivity index (χ3n) is 5.23. The number of nitrogens with one attached hydrogen (secondary N) is 2. The molecule has 0 aliphatic heterocycles. The van der Waals surface area contributed by atoms with Crippen LogP contribution in [0.25, 0.3) is 0 Å². The molecule has 0 saturated carbocycles. The molecule has 1 aliphatic carbocycles. The average Bonchev–Trinajstić information content (AvgIpc) is 2.61. The Balaban J connectivity index is 1.61. The monoisotopic (exact) mass is 350 g/mol. The molecule has 0 bridgehead atoms. The Labute approximate surface area is 157 Å². The lowest BCUT2D eigenvalue weighted by atomic mass is 9.87. The van der Waals surface area contributed by atoms with E-state index in [0.29, 0.717) is 0 Å². The Morgan fingerprint density at radius 1 is 0.962 bits per heavy atom. The maximum atomic E-state index is 12.3. The summed E-state index contributed by atoms with van der Waals surface area (Å²) in [6, 6.07) is 14.5. The van der Waals surface area contributed by atoms with Crippen LogP contribution in [-0.2, 0) is 18.3 Å². The van der Waals surface area contributed by atoms with E-state index >= 15 is 0 Å². The maximum Gasteiger partial charge on any atom is 0.319 e. The summed E-state index contributed by atoms with van der Waals surface area (Å²) in [6.45, 7) is 8.58. The molecule has 0 saturated heterocycles. The van der Waals surface area contributed by atoms with Crippen LogP contribution in [0.2, 0.25) is 0 Å². The number of benzene rings is 2. The van der Waals surface area contributed by atoms with Gasteiger partial charge in [0.2, 0.25) is 0 Å². The number of carbonyl (C=O) groups is 1. The summed E-state index contributed by atoms with van der Waals surface area (Å²) < 4.78 is 0. The lowest BCUT2D eigenvalue weighted by Crippen LogP contribution is -2.31. The smallest absolute Gasteiger partial charge is 0.319 e. The number of fused-ring (bicyclic) bond motifs is 1. The molecular formula is C23H30N2O. The van der Waals surface area contributed by atoms with Crippen LogP contribution in [0.1, 0.15) is 68.8 Å². The third kappa shape index (κ3) is 4.46. The van der Waals surface area contributed by atoms with Crippen LogP contribution in [0.3, 0.4) is 0 Å². The molecule has 138 valence electrons. The van der Waals surface area contributed by atoms with E-state index in [2.05, 4.69) is 61.7 Å². The van der Waals surface area contributed by atoms with Crippen molar-refractivity contribution in [3.05, 3.63) is 64.7 Å². The van der Waals surface area contributed by atoms with E-state index in [0.717, 1.165) is 12.1 Å². The number of carbonyl (C=O) groups excluding carboxylic acids is 1. The van der Waals surface area contributed by atoms with E-state index in [1.807, 2.05) is 19.1 Å². The zero-order valence-corrected chi connectivity index (χ0v) is 16.4. The molecule has 26 heavy (non-hydrogen) atoms. The van der Waals surface area contributed by atoms with Gasteiger partial charge in [0.1, 0.15) is 0 Å². The summed E-state index contributed by atoms with van der Waals surface area (Å²) >= 11 is 0. The normalized spacial score (nSPS) is 15.1. The first kappa shape index (κ1) is 18.5. The molecule has 1 aliphatic rings. The molecule has 3 nitrogen and oxygen atoms in total. The topological polar surface area (TPSA) is 41.1 Å². The van der Waals surface area contributed by atoms with Crippen LogP contribution in [0.5, 0.6) is 0 Å². The zero-order valence-electron chi connectivity index (χ0n) is 16.4. The Bertz CT molecular complexity index is 772. The first-order valence-corrected chi connectivity index (χ1v) is 9.63. The van der Waals surface area contributed by atoms with Gasteiger partial charge >= 0.3 is 6.03 Å². The van der Waals surface area contributed by atoms with Gasteiger partial charge in [-0.3, -0.25) is 0 Å². The summed E-state index contributed by atoms with van der Waals surface area (Å²) in [7, 11) is 0. The highest BCUT2D eigenvalue weighted by molar-refractivity contribution is 5.89. The second-order valence-corrected chi connectivity index (χ2v) is 8.38. The van der Waals surface area contributed by atoms with Crippen molar-refractivity contribution in [2.45, 2.75) is 64.8 Å². The standard InChI is InChI=1S/C23H30N2O/c1-16(18-10-9-17-7-5-6-8-19(17)15-18)24-22(26)25-21-13-11-20(12-14-21)23(2,3)4/h9-16H,5-8H2,1-4H3,(H2,24,25,26). The zero-order chi connectivity index (χ0) is 18.7. The van der Waals surface area contributed by atoms with E-state index in [-0.39, 0.29) is 17.5 Å². The number of amides is 2. The lowest BCUT2D eigenvalue weighted by molar-refractivity contribution is 0.249. The fourth-order valence-corrected chi connectivity index (χ4v) is 3.52. The van der Waals surface area contributed by atoms with E-state index in [1.165, 1.54) is 41.5 Å². The van der Waals surface area contributed by atoms with Crippen molar-refractivity contribution in [3.63, 3.8) is 0 Å².